The summed E-state index contributed by atoms with van der Waals surface area (Å²) < 4.78 is 25.2. The molecule has 2 N–H and O–H groups in total. The largest absolute Gasteiger partial charge is 0.369 e. The van der Waals surface area contributed by atoms with E-state index >= 15 is 0 Å². The number of rotatable bonds is 6. The quantitative estimate of drug-likeness (QED) is 0.467. The summed E-state index contributed by atoms with van der Waals surface area (Å²) in [6.07, 6.45) is 1.98. The average Bonchev–Trinajstić information content (AvgIpc) is 3.18. The van der Waals surface area contributed by atoms with Gasteiger partial charge in [-0.2, -0.15) is 0 Å². The van der Waals surface area contributed by atoms with E-state index in [0.29, 0.717) is 17.4 Å². The first-order valence-corrected chi connectivity index (χ1v) is 11.5. The molecule has 3 aromatic carbocycles. The van der Waals surface area contributed by atoms with Crippen LogP contribution in [-0.2, 0) is 16.6 Å². The maximum Gasteiger partial charge on any atom is 0.238 e. The number of para-hydroxylation sites is 1. The maximum atomic E-state index is 11.6. The van der Waals surface area contributed by atoms with E-state index in [0.717, 1.165) is 22.6 Å². The molecule has 0 radical (unpaired) electrons. The Balaban J connectivity index is 1.74. The van der Waals surface area contributed by atoms with Gasteiger partial charge in [0, 0.05) is 35.2 Å². The van der Waals surface area contributed by atoms with Crippen LogP contribution in [0.4, 0.5) is 5.69 Å². The van der Waals surface area contributed by atoms with Crippen LogP contribution >= 0.6 is 11.6 Å². The fourth-order valence-electron chi connectivity index (χ4n) is 3.32. The molecule has 0 aliphatic rings. The summed E-state index contributed by atoms with van der Waals surface area (Å²) in [7, 11) is -1.75. The monoisotopic (exact) mass is 452 g/mol. The van der Waals surface area contributed by atoms with Crippen LogP contribution in [-0.4, -0.2) is 25.0 Å². The van der Waals surface area contributed by atoms with Crippen LogP contribution in [0, 0.1) is 0 Å². The molecule has 0 bridgehead atoms. The second-order valence-electron chi connectivity index (χ2n) is 7.16. The van der Waals surface area contributed by atoms with Gasteiger partial charge in [-0.25, -0.2) is 18.5 Å². The minimum Gasteiger partial charge on any atom is -0.369 e. The number of hydrogen-bond donors (Lipinski definition) is 1. The highest BCUT2D eigenvalue weighted by Gasteiger charge is 2.15. The normalized spacial score (nSPS) is 11.5. The third kappa shape index (κ3) is 4.80. The highest BCUT2D eigenvalue weighted by molar-refractivity contribution is 7.89. The fourth-order valence-corrected chi connectivity index (χ4v) is 3.96. The van der Waals surface area contributed by atoms with Crippen LogP contribution in [0.5, 0.6) is 0 Å². The molecule has 0 atom stereocenters. The summed E-state index contributed by atoms with van der Waals surface area (Å²) in [5.74, 6) is 0.694. The number of sulfonamides is 1. The number of aromatic nitrogens is 2. The van der Waals surface area contributed by atoms with Crippen LogP contribution < -0.4 is 10.0 Å². The molecule has 0 spiro atoms. The number of primary sulfonamides is 1. The number of anilines is 1. The van der Waals surface area contributed by atoms with E-state index in [4.69, 9.17) is 21.7 Å². The molecule has 0 fully saturated rings. The minimum atomic E-state index is -3.76. The molecule has 0 saturated heterocycles. The van der Waals surface area contributed by atoms with Crippen LogP contribution in [0.2, 0.25) is 5.02 Å². The van der Waals surface area contributed by atoms with Crippen molar-refractivity contribution in [2.45, 2.75) is 11.4 Å². The zero-order valence-electron chi connectivity index (χ0n) is 16.8. The maximum absolute atomic E-state index is 11.6. The van der Waals surface area contributed by atoms with Crippen molar-refractivity contribution in [1.29, 1.82) is 0 Å². The third-order valence-electron chi connectivity index (χ3n) is 4.90. The molecule has 1 aromatic heterocycles. The van der Waals surface area contributed by atoms with E-state index in [-0.39, 0.29) is 4.90 Å². The van der Waals surface area contributed by atoms with E-state index in [2.05, 4.69) is 4.90 Å². The van der Waals surface area contributed by atoms with Gasteiger partial charge in [-0.05, 0) is 60.7 Å². The number of benzene rings is 3. The zero-order chi connectivity index (χ0) is 22.0. The Bertz CT molecular complexity index is 1290. The topological polar surface area (TPSA) is 81.2 Å². The third-order valence-corrected chi connectivity index (χ3v) is 6.08. The van der Waals surface area contributed by atoms with Crippen LogP contribution in [0.15, 0.2) is 90.0 Å². The van der Waals surface area contributed by atoms with Gasteiger partial charge in [0.1, 0.15) is 5.82 Å². The molecule has 1 heterocycles. The number of halogens is 1. The van der Waals surface area contributed by atoms with E-state index in [9.17, 15) is 8.42 Å². The molecular formula is C23H21ClN4O2S. The molecule has 31 heavy (non-hydrogen) atoms. The Morgan fingerprint density at radius 1 is 0.968 bits per heavy atom. The molecule has 6 nitrogen and oxygen atoms in total. The highest BCUT2D eigenvalue weighted by atomic mass is 35.5. The molecular weight excluding hydrogens is 432 g/mol. The standard InChI is InChI=1S/C23H21ClN4O2S/c1-27(20-5-3-2-4-6-20)15-19-16-28(21-11-9-18(24)10-12-21)23(26-19)17-7-13-22(14-8-17)31(25,29)30/h2-14,16H,15H2,1H3,(H2,25,29,30). The molecule has 0 unspecified atom stereocenters. The van der Waals surface area contributed by atoms with E-state index in [1.54, 1.807) is 12.1 Å². The van der Waals surface area contributed by atoms with Crippen LogP contribution in [0.25, 0.3) is 17.1 Å². The van der Waals surface area contributed by atoms with Crippen molar-refractivity contribution in [3.63, 3.8) is 0 Å². The molecule has 0 aliphatic carbocycles. The van der Waals surface area contributed by atoms with Crippen molar-refractivity contribution in [2.75, 3.05) is 11.9 Å². The molecule has 8 heteroatoms. The van der Waals surface area contributed by atoms with Crippen molar-refractivity contribution >= 4 is 27.3 Å². The van der Waals surface area contributed by atoms with Gasteiger partial charge < -0.3 is 4.90 Å². The Morgan fingerprint density at radius 2 is 1.61 bits per heavy atom. The smallest absolute Gasteiger partial charge is 0.238 e. The Hall–Kier alpha value is -3.13. The summed E-state index contributed by atoms with van der Waals surface area (Å²) >= 11 is 6.06. The minimum absolute atomic E-state index is 0.0601. The van der Waals surface area contributed by atoms with Gasteiger partial charge in [-0.1, -0.05) is 29.8 Å². The number of nitrogens with two attached hydrogens (primary N) is 1. The lowest BCUT2D eigenvalue weighted by Gasteiger charge is -2.17. The van der Waals surface area contributed by atoms with E-state index in [1.165, 1.54) is 12.1 Å². The van der Waals surface area contributed by atoms with Crippen molar-refractivity contribution in [3.8, 4) is 17.1 Å². The summed E-state index contributed by atoms with van der Waals surface area (Å²) in [6.45, 7) is 0.604. The molecule has 0 aliphatic heterocycles. The van der Waals surface area contributed by atoms with Gasteiger partial charge in [0.05, 0.1) is 17.1 Å². The number of imidazole rings is 1. The first-order chi connectivity index (χ1) is 14.8. The molecule has 4 aromatic rings. The Kier molecular flexibility index (Phi) is 5.82. The fraction of sp³-hybridized carbons (Fsp3) is 0.0870. The van der Waals surface area contributed by atoms with Crippen molar-refractivity contribution in [2.24, 2.45) is 5.14 Å². The van der Waals surface area contributed by atoms with Crippen molar-refractivity contribution < 1.29 is 8.42 Å². The predicted molar refractivity (Wildman–Crippen MR) is 124 cm³/mol. The SMILES string of the molecule is CN(Cc1cn(-c2ccc(Cl)cc2)c(-c2ccc(S(N)(=O)=O)cc2)n1)c1ccccc1. The number of nitrogens with zero attached hydrogens (tertiary/aromatic N) is 3. The lowest BCUT2D eigenvalue weighted by atomic mass is 10.2. The second kappa shape index (κ2) is 8.55. The van der Waals surface area contributed by atoms with E-state index < -0.39 is 10.0 Å². The van der Waals surface area contributed by atoms with E-state index in [1.807, 2.05) is 72.4 Å². The number of hydrogen-bond acceptors (Lipinski definition) is 4. The lowest BCUT2D eigenvalue weighted by Crippen LogP contribution is -2.16. The van der Waals surface area contributed by atoms with Gasteiger partial charge in [0.25, 0.3) is 0 Å². The highest BCUT2D eigenvalue weighted by Crippen LogP contribution is 2.26. The summed E-state index contributed by atoms with van der Waals surface area (Å²) in [5, 5.41) is 5.87. The zero-order valence-corrected chi connectivity index (χ0v) is 18.4. The van der Waals surface area contributed by atoms with Gasteiger partial charge in [0.2, 0.25) is 10.0 Å². The second-order valence-corrected chi connectivity index (χ2v) is 9.16. The molecule has 4 rings (SSSR count). The average molecular weight is 453 g/mol. The van der Waals surface area contributed by atoms with Gasteiger partial charge >= 0.3 is 0 Å². The predicted octanol–water partition coefficient (Wildman–Crippen LogP) is 4.48. The van der Waals surface area contributed by atoms with Gasteiger partial charge in [-0.15, -0.1) is 0 Å². The first kappa shape index (κ1) is 21.1. The van der Waals surface area contributed by atoms with Gasteiger partial charge in [0.15, 0.2) is 0 Å². The van der Waals surface area contributed by atoms with Crippen molar-refractivity contribution in [1.82, 2.24) is 9.55 Å². The summed E-state index contributed by atoms with van der Waals surface area (Å²) in [6, 6.07) is 23.9. The lowest BCUT2D eigenvalue weighted by molar-refractivity contribution is 0.598. The Labute approximate surface area is 186 Å². The first-order valence-electron chi connectivity index (χ1n) is 9.55. The van der Waals surface area contributed by atoms with Crippen LogP contribution in [0.3, 0.4) is 0 Å². The molecule has 0 saturated carbocycles. The summed E-state index contributed by atoms with van der Waals surface area (Å²) in [4.78, 5) is 7.02. The van der Waals surface area contributed by atoms with Crippen LogP contribution in [0.1, 0.15) is 5.69 Å². The van der Waals surface area contributed by atoms with Gasteiger partial charge in [-0.3, -0.25) is 4.57 Å². The van der Waals surface area contributed by atoms with Crippen molar-refractivity contribution in [3.05, 3.63) is 95.8 Å². The molecule has 0 amide bonds. The molecule has 158 valence electrons. The Morgan fingerprint density at radius 3 is 2.23 bits per heavy atom. The summed E-state index contributed by atoms with van der Waals surface area (Å²) in [5.41, 5.74) is 3.63.